The Balaban J connectivity index is 1.43. The first-order valence-corrected chi connectivity index (χ1v) is 12.7. The lowest BCUT2D eigenvalue weighted by Crippen LogP contribution is -2.32. The van der Waals surface area contributed by atoms with Crippen LogP contribution in [0.4, 0.5) is 5.69 Å². The summed E-state index contributed by atoms with van der Waals surface area (Å²) in [6, 6.07) is 22.7. The lowest BCUT2D eigenvalue weighted by atomic mass is 10.1. The normalized spacial score (nSPS) is 11.8. The van der Waals surface area contributed by atoms with E-state index in [1.54, 1.807) is 37.6 Å². The molecule has 1 unspecified atom stereocenters. The third-order valence-corrected chi connectivity index (χ3v) is 6.55. The van der Waals surface area contributed by atoms with Gasteiger partial charge in [0.15, 0.2) is 0 Å². The van der Waals surface area contributed by atoms with E-state index in [-0.39, 0.29) is 11.9 Å². The molecular formula is C29H29Cl2N3O2. The molecule has 1 amide bonds. The Morgan fingerprint density at radius 2 is 1.72 bits per heavy atom. The SMILES string of the molecule is COc1cc(NC(C)CCCN(Cc2ccc(Cl)cc2)C(=O)c2ccc(Cl)cc2)c2ncccc2c1. The lowest BCUT2D eigenvalue weighted by molar-refractivity contribution is 0.0739. The van der Waals surface area contributed by atoms with Gasteiger partial charge in [0, 0.05) is 52.4 Å². The van der Waals surface area contributed by atoms with Gasteiger partial charge in [-0.2, -0.15) is 0 Å². The molecule has 0 aliphatic heterocycles. The zero-order chi connectivity index (χ0) is 25.5. The van der Waals surface area contributed by atoms with Crippen LogP contribution in [-0.4, -0.2) is 35.5 Å². The van der Waals surface area contributed by atoms with E-state index in [2.05, 4.69) is 17.2 Å². The lowest BCUT2D eigenvalue weighted by Gasteiger charge is -2.24. The topological polar surface area (TPSA) is 54.5 Å². The van der Waals surface area contributed by atoms with Gasteiger partial charge < -0.3 is 15.0 Å². The van der Waals surface area contributed by atoms with Crippen LogP contribution >= 0.6 is 23.2 Å². The van der Waals surface area contributed by atoms with Crippen molar-refractivity contribution in [1.82, 2.24) is 9.88 Å². The van der Waals surface area contributed by atoms with Crippen LogP contribution in [0.5, 0.6) is 5.75 Å². The maximum atomic E-state index is 13.3. The first-order chi connectivity index (χ1) is 17.4. The Labute approximate surface area is 222 Å². The van der Waals surface area contributed by atoms with Crippen molar-refractivity contribution < 1.29 is 9.53 Å². The van der Waals surface area contributed by atoms with Gasteiger partial charge in [-0.25, -0.2) is 0 Å². The number of nitrogens with one attached hydrogen (secondary N) is 1. The molecule has 1 aromatic heterocycles. The van der Waals surface area contributed by atoms with Crippen LogP contribution in [0.2, 0.25) is 10.0 Å². The number of fused-ring (bicyclic) bond motifs is 1. The molecule has 0 spiro atoms. The second-order valence-electron chi connectivity index (χ2n) is 8.80. The van der Waals surface area contributed by atoms with Gasteiger partial charge in [0.05, 0.1) is 18.3 Å². The number of carbonyl (C=O) groups excluding carboxylic acids is 1. The highest BCUT2D eigenvalue weighted by Crippen LogP contribution is 2.28. The van der Waals surface area contributed by atoms with E-state index in [9.17, 15) is 4.79 Å². The van der Waals surface area contributed by atoms with Gasteiger partial charge in [0.2, 0.25) is 0 Å². The van der Waals surface area contributed by atoms with E-state index in [0.29, 0.717) is 28.7 Å². The minimum absolute atomic E-state index is 0.0229. The minimum atomic E-state index is -0.0229. The predicted molar refractivity (Wildman–Crippen MR) is 148 cm³/mol. The number of nitrogens with zero attached hydrogens (tertiary/aromatic N) is 2. The van der Waals surface area contributed by atoms with Crippen LogP contribution in [0.15, 0.2) is 79.0 Å². The molecule has 4 rings (SSSR count). The van der Waals surface area contributed by atoms with Gasteiger partial charge in [-0.1, -0.05) is 41.4 Å². The van der Waals surface area contributed by atoms with Crippen molar-refractivity contribution in [1.29, 1.82) is 0 Å². The Morgan fingerprint density at radius 3 is 2.42 bits per heavy atom. The average Bonchev–Trinajstić information content (AvgIpc) is 2.89. The summed E-state index contributed by atoms with van der Waals surface area (Å²) < 4.78 is 5.47. The monoisotopic (exact) mass is 521 g/mol. The molecule has 7 heteroatoms. The van der Waals surface area contributed by atoms with Crippen molar-refractivity contribution in [2.75, 3.05) is 19.0 Å². The van der Waals surface area contributed by atoms with E-state index >= 15 is 0 Å². The highest BCUT2D eigenvalue weighted by atomic mass is 35.5. The van der Waals surface area contributed by atoms with E-state index in [4.69, 9.17) is 27.9 Å². The molecule has 5 nitrogen and oxygen atoms in total. The molecule has 1 atom stereocenters. The molecule has 4 aromatic rings. The first kappa shape index (κ1) is 25.8. The number of hydrogen-bond acceptors (Lipinski definition) is 4. The first-order valence-electron chi connectivity index (χ1n) is 11.9. The number of rotatable bonds is 10. The van der Waals surface area contributed by atoms with E-state index in [1.165, 1.54) is 0 Å². The maximum absolute atomic E-state index is 13.3. The fourth-order valence-electron chi connectivity index (χ4n) is 4.16. The van der Waals surface area contributed by atoms with Crippen molar-refractivity contribution in [3.63, 3.8) is 0 Å². The van der Waals surface area contributed by atoms with Gasteiger partial charge in [-0.3, -0.25) is 9.78 Å². The molecule has 0 fully saturated rings. The van der Waals surface area contributed by atoms with Crippen molar-refractivity contribution in [3.8, 4) is 5.75 Å². The van der Waals surface area contributed by atoms with Crippen LogP contribution in [0.3, 0.4) is 0 Å². The second kappa shape index (κ2) is 12.1. The minimum Gasteiger partial charge on any atom is -0.497 e. The molecule has 0 bridgehead atoms. The standard InChI is InChI=1S/C29H29Cl2N3O2/c1-20(33-27-18-26(36-2)17-23-6-3-15-32-28(23)27)5-4-16-34(19-21-7-11-24(30)12-8-21)29(35)22-9-13-25(31)14-10-22/h3,6-15,17-18,20,33H,4-5,16,19H2,1-2H3. The maximum Gasteiger partial charge on any atom is 0.254 e. The number of ether oxygens (including phenoxy) is 1. The van der Waals surface area contributed by atoms with E-state index in [1.807, 2.05) is 53.4 Å². The van der Waals surface area contributed by atoms with Crippen LogP contribution in [-0.2, 0) is 6.54 Å². The van der Waals surface area contributed by atoms with Crippen LogP contribution in [0, 0.1) is 0 Å². The van der Waals surface area contributed by atoms with Gasteiger partial charge in [0.25, 0.3) is 5.91 Å². The number of hydrogen-bond donors (Lipinski definition) is 1. The van der Waals surface area contributed by atoms with E-state index < -0.39 is 0 Å². The summed E-state index contributed by atoms with van der Waals surface area (Å²) in [5, 5.41) is 5.89. The predicted octanol–water partition coefficient (Wildman–Crippen LogP) is 7.47. The number of amides is 1. The Kier molecular flexibility index (Phi) is 8.68. The third-order valence-electron chi connectivity index (χ3n) is 6.05. The highest BCUT2D eigenvalue weighted by Gasteiger charge is 2.17. The fraction of sp³-hybridized carbons (Fsp3) is 0.241. The number of benzene rings is 3. The number of pyridine rings is 1. The van der Waals surface area contributed by atoms with Crippen LogP contribution in [0.25, 0.3) is 10.9 Å². The molecule has 1 N–H and O–H groups in total. The molecule has 0 saturated carbocycles. The second-order valence-corrected chi connectivity index (χ2v) is 9.67. The smallest absolute Gasteiger partial charge is 0.254 e. The van der Waals surface area contributed by atoms with Crippen molar-refractivity contribution in [2.24, 2.45) is 0 Å². The summed E-state index contributed by atoms with van der Waals surface area (Å²) in [4.78, 5) is 19.8. The van der Waals surface area contributed by atoms with Gasteiger partial charge in [0.1, 0.15) is 5.75 Å². The number of aromatic nitrogens is 1. The zero-order valence-corrected chi connectivity index (χ0v) is 21.9. The zero-order valence-electron chi connectivity index (χ0n) is 20.4. The number of methoxy groups -OCH3 is 1. The van der Waals surface area contributed by atoms with Crippen LogP contribution < -0.4 is 10.1 Å². The summed E-state index contributed by atoms with van der Waals surface area (Å²) in [5.41, 5.74) is 3.50. The van der Waals surface area contributed by atoms with Gasteiger partial charge >= 0.3 is 0 Å². The van der Waals surface area contributed by atoms with Gasteiger partial charge in [-0.15, -0.1) is 0 Å². The molecule has 36 heavy (non-hydrogen) atoms. The summed E-state index contributed by atoms with van der Waals surface area (Å²) >= 11 is 12.1. The fourth-order valence-corrected chi connectivity index (χ4v) is 4.41. The molecule has 0 radical (unpaired) electrons. The third kappa shape index (κ3) is 6.68. The van der Waals surface area contributed by atoms with Crippen LogP contribution in [0.1, 0.15) is 35.7 Å². The molecule has 0 aliphatic rings. The van der Waals surface area contributed by atoms with E-state index in [0.717, 1.165) is 40.7 Å². The number of carbonyl (C=O) groups is 1. The summed E-state index contributed by atoms with van der Waals surface area (Å²) in [6.07, 6.45) is 3.49. The quantitative estimate of drug-likeness (QED) is 0.235. The molecular weight excluding hydrogens is 493 g/mol. The largest absolute Gasteiger partial charge is 0.497 e. The van der Waals surface area contributed by atoms with Crippen molar-refractivity contribution >= 4 is 45.7 Å². The number of halogens is 2. The Morgan fingerprint density at radius 1 is 1.03 bits per heavy atom. The molecule has 0 saturated heterocycles. The van der Waals surface area contributed by atoms with Crippen molar-refractivity contribution in [2.45, 2.75) is 32.4 Å². The average molecular weight is 522 g/mol. The number of anilines is 1. The van der Waals surface area contributed by atoms with Gasteiger partial charge in [-0.05, 0) is 73.9 Å². The van der Waals surface area contributed by atoms with Crippen molar-refractivity contribution in [3.05, 3.63) is 100 Å². The molecule has 0 aliphatic carbocycles. The Hall–Kier alpha value is -3.28. The molecule has 186 valence electrons. The highest BCUT2D eigenvalue weighted by molar-refractivity contribution is 6.30. The summed E-state index contributed by atoms with van der Waals surface area (Å²) in [5.74, 6) is 0.762. The Bertz CT molecular complexity index is 1310. The summed E-state index contributed by atoms with van der Waals surface area (Å²) in [7, 11) is 1.66. The summed E-state index contributed by atoms with van der Waals surface area (Å²) in [6.45, 7) is 3.26. The molecule has 1 heterocycles. The molecule has 3 aromatic carbocycles.